The Kier molecular flexibility index (Phi) is 10.2. The second-order valence-corrected chi connectivity index (χ2v) is 4.64. The number of allylic oxidation sites excluding steroid dienone is 2. The van der Waals surface area contributed by atoms with Crippen molar-refractivity contribution in [2.75, 3.05) is 7.11 Å². The van der Waals surface area contributed by atoms with Crippen molar-refractivity contribution in [3.63, 3.8) is 0 Å². The van der Waals surface area contributed by atoms with Crippen LogP contribution in [0.2, 0.25) is 0 Å². The summed E-state index contributed by atoms with van der Waals surface area (Å²) < 4.78 is 5.16. The topological polar surface area (TPSA) is 21.3 Å². The predicted octanol–water partition coefficient (Wildman–Crippen LogP) is 4.99. The Bertz CT molecular complexity index is 421. The molecule has 1 N–H and O–H groups in total. The summed E-state index contributed by atoms with van der Waals surface area (Å²) in [4.78, 5) is 0. The van der Waals surface area contributed by atoms with E-state index in [1.54, 1.807) is 7.11 Å². The molecule has 1 aromatic carbocycles. The lowest BCUT2D eigenvalue weighted by molar-refractivity contribution is 0.414. The van der Waals surface area contributed by atoms with Gasteiger partial charge in [0.05, 0.1) is 7.11 Å². The first-order valence-corrected chi connectivity index (χ1v) is 7.27. The molecule has 0 spiro atoms. The van der Waals surface area contributed by atoms with Crippen LogP contribution in [0.1, 0.15) is 44.7 Å². The fourth-order valence-electron chi connectivity index (χ4n) is 1.62. The van der Waals surface area contributed by atoms with Crippen LogP contribution in [0.4, 0.5) is 0 Å². The molecule has 0 saturated carbocycles. The lowest BCUT2D eigenvalue weighted by atomic mass is 10.0. The van der Waals surface area contributed by atoms with Crippen molar-refractivity contribution in [3.05, 3.63) is 53.9 Å². The van der Waals surface area contributed by atoms with Gasteiger partial charge in [0.25, 0.3) is 0 Å². The maximum atomic E-state index is 5.16. The van der Waals surface area contributed by atoms with E-state index in [2.05, 4.69) is 44.8 Å². The molecule has 2 nitrogen and oxygen atoms in total. The average Bonchev–Trinajstić information content (AvgIpc) is 2.48. The highest BCUT2D eigenvalue weighted by Gasteiger charge is 1.98. The molecule has 0 aliphatic heterocycles. The number of hydrogen-bond acceptors (Lipinski definition) is 2. The Labute approximate surface area is 124 Å². The Balaban J connectivity index is 0.000000396. The van der Waals surface area contributed by atoms with Gasteiger partial charge in [-0.1, -0.05) is 39.0 Å². The van der Waals surface area contributed by atoms with Crippen LogP contribution < -0.4 is 10.1 Å². The van der Waals surface area contributed by atoms with Crippen molar-refractivity contribution in [1.29, 1.82) is 0 Å². The van der Waals surface area contributed by atoms with Crippen molar-refractivity contribution in [2.24, 2.45) is 0 Å². The fraction of sp³-hybridized carbons (Fsp3) is 0.444. The summed E-state index contributed by atoms with van der Waals surface area (Å²) in [5.74, 6) is 0.962. The Hall–Kier alpha value is -1.70. The first-order chi connectivity index (χ1) is 9.58. The molecule has 112 valence electrons. The molecule has 1 aromatic rings. The molecule has 0 aliphatic rings. The molecule has 0 amide bonds. The average molecular weight is 275 g/mol. The van der Waals surface area contributed by atoms with Gasteiger partial charge in [-0.15, -0.1) is 0 Å². The van der Waals surface area contributed by atoms with Crippen LogP contribution in [-0.2, 0) is 6.42 Å². The van der Waals surface area contributed by atoms with Gasteiger partial charge in [0.1, 0.15) is 5.75 Å². The fourth-order valence-corrected chi connectivity index (χ4v) is 1.62. The van der Waals surface area contributed by atoms with E-state index in [0.29, 0.717) is 0 Å². The van der Waals surface area contributed by atoms with E-state index in [1.165, 1.54) is 17.5 Å². The molecular formula is C18H29NO. The molecule has 0 atom stereocenters. The second kappa shape index (κ2) is 11.2. The Morgan fingerprint density at radius 1 is 1.35 bits per heavy atom. The molecule has 0 radical (unpaired) electrons. The van der Waals surface area contributed by atoms with E-state index in [1.807, 2.05) is 25.3 Å². The molecule has 0 saturated heterocycles. The van der Waals surface area contributed by atoms with Gasteiger partial charge in [0.15, 0.2) is 0 Å². The summed E-state index contributed by atoms with van der Waals surface area (Å²) in [6.45, 7) is 12.1. The molecular weight excluding hydrogens is 246 g/mol. The Morgan fingerprint density at radius 2 is 2.05 bits per heavy atom. The highest BCUT2D eigenvalue weighted by atomic mass is 16.5. The van der Waals surface area contributed by atoms with Crippen LogP contribution in [-0.4, -0.2) is 7.11 Å². The molecule has 0 fully saturated rings. The monoisotopic (exact) mass is 275 g/mol. The maximum Gasteiger partial charge on any atom is 0.119 e. The third-order valence-corrected chi connectivity index (χ3v) is 2.96. The zero-order valence-corrected chi connectivity index (χ0v) is 13.6. The van der Waals surface area contributed by atoms with E-state index in [9.17, 15) is 0 Å². The normalized spacial score (nSPS) is 9.85. The number of ether oxygens (including phenoxy) is 1. The minimum absolute atomic E-state index is 0.962. The zero-order chi connectivity index (χ0) is 15.4. The van der Waals surface area contributed by atoms with Gasteiger partial charge >= 0.3 is 0 Å². The zero-order valence-electron chi connectivity index (χ0n) is 13.6. The van der Waals surface area contributed by atoms with Crippen LogP contribution in [0.25, 0.3) is 0 Å². The van der Waals surface area contributed by atoms with E-state index < -0.39 is 0 Å². The maximum absolute atomic E-state index is 5.16. The number of hydrogen-bond donors (Lipinski definition) is 1. The quantitative estimate of drug-likeness (QED) is 0.789. The van der Waals surface area contributed by atoms with E-state index in [0.717, 1.165) is 24.3 Å². The summed E-state index contributed by atoms with van der Waals surface area (Å²) in [7, 11) is 1.71. The molecule has 0 aliphatic carbocycles. The minimum Gasteiger partial charge on any atom is -0.497 e. The number of benzene rings is 1. The van der Waals surface area contributed by atoms with Crippen LogP contribution in [0.15, 0.2) is 42.8 Å². The SMILES string of the molecule is C=C(CC)N/C=C\C.CCCc1cc(OC)ccc1C. The van der Waals surface area contributed by atoms with E-state index in [4.69, 9.17) is 4.74 Å². The van der Waals surface area contributed by atoms with Crippen LogP contribution in [0.3, 0.4) is 0 Å². The van der Waals surface area contributed by atoms with Crippen LogP contribution in [0.5, 0.6) is 5.75 Å². The van der Waals surface area contributed by atoms with Crippen LogP contribution >= 0.6 is 0 Å². The van der Waals surface area contributed by atoms with Crippen molar-refractivity contribution < 1.29 is 4.74 Å². The number of rotatable bonds is 6. The third-order valence-electron chi connectivity index (χ3n) is 2.96. The molecule has 0 heterocycles. The van der Waals surface area contributed by atoms with Gasteiger partial charge in [-0.25, -0.2) is 0 Å². The molecule has 0 unspecified atom stereocenters. The summed E-state index contributed by atoms with van der Waals surface area (Å²) >= 11 is 0. The standard InChI is InChI=1S/C11H16O.C7H13N/c1-4-5-10-8-11(12-3)7-6-9(10)2;1-4-6-8-7(3)5-2/h6-8H,4-5H2,1-3H3;4,6,8H,3,5H2,1-2H3/b;6-4-. The number of aryl methyl sites for hydroxylation is 2. The lowest BCUT2D eigenvalue weighted by Crippen LogP contribution is -2.00. The van der Waals surface area contributed by atoms with E-state index >= 15 is 0 Å². The van der Waals surface area contributed by atoms with Gasteiger partial charge in [0, 0.05) is 5.70 Å². The molecule has 20 heavy (non-hydrogen) atoms. The molecule has 2 heteroatoms. The van der Waals surface area contributed by atoms with Gasteiger partial charge in [0.2, 0.25) is 0 Å². The van der Waals surface area contributed by atoms with Crippen molar-refractivity contribution in [1.82, 2.24) is 5.32 Å². The van der Waals surface area contributed by atoms with Crippen molar-refractivity contribution >= 4 is 0 Å². The summed E-state index contributed by atoms with van der Waals surface area (Å²) in [5, 5.41) is 3.01. The molecule has 1 rings (SSSR count). The van der Waals surface area contributed by atoms with E-state index in [-0.39, 0.29) is 0 Å². The second-order valence-electron chi connectivity index (χ2n) is 4.64. The van der Waals surface area contributed by atoms with Crippen molar-refractivity contribution in [3.8, 4) is 5.75 Å². The molecule has 0 bridgehead atoms. The first kappa shape index (κ1) is 18.3. The van der Waals surface area contributed by atoms with Gasteiger partial charge in [-0.2, -0.15) is 0 Å². The highest BCUT2D eigenvalue weighted by molar-refractivity contribution is 5.34. The summed E-state index contributed by atoms with van der Waals surface area (Å²) in [5.41, 5.74) is 3.82. The van der Waals surface area contributed by atoms with Crippen molar-refractivity contribution in [2.45, 2.75) is 47.0 Å². The first-order valence-electron chi connectivity index (χ1n) is 7.27. The predicted molar refractivity (Wildman–Crippen MR) is 89.1 cm³/mol. The van der Waals surface area contributed by atoms with Gasteiger partial charge in [-0.3, -0.25) is 0 Å². The molecule has 0 aromatic heterocycles. The van der Waals surface area contributed by atoms with Gasteiger partial charge in [-0.05, 0) is 56.1 Å². The minimum atomic E-state index is 0.962. The number of methoxy groups -OCH3 is 1. The number of nitrogens with one attached hydrogen (secondary N) is 1. The lowest BCUT2D eigenvalue weighted by Gasteiger charge is -2.06. The Morgan fingerprint density at radius 3 is 2.55 bits per heavy atom. The third kappa shape index (κ3) is 7.67. The van der Waals surface area contributed by atoms with Gasteiger partial charge < -0.3 is 10.1 Å². The largest absolute Gasteiger partial charge is 0.497 e. The van der Waals surface area contributed by atoms with Crippen LogP contribution in [0, 0.1) is 6.92 Å². The summed E-state index contributed by atoms with van der Waals surface area (Å²) in [6.07, 6.45) is 7.15. The highest BCUT2D eigenvalue weighted by Crippen LogP contribution is 2.17. The smallest absolute Gasteiger partial charge is 0.119 e. The summed E-state index contributed by atoms with van der Waals surface area (Å²) in [6, 6.07) is 6.25.